The van der Waals surface area contributed by atoms with E-state index in [1.54, 1.807) is 24.3 Å². The van der Waals surface area contributed by atoms with E-state index in [4.69, 9.17) is 10.5 Å². The van der Waals surface area contributed by atoms with E-state index >= 15 is 0 Å². The summed E-state index contributed by atoms with van der Waals surface area (Å²) >= 11 is 2.09. The van der Waals surface area contributed by atoms with Gasteiger partial charge < -0.3 is 15.8 Å². The van der Waals surface area contributed by atoms with Crippen LogP contribution < -0.4 is 16.4 Å². The molecule has 0 atom stereocenters. The number of carbonyl (C=O) groups is 3. The Bertz CT molecular complexity index is 1200. The van der Waals surface area contributed by atoms with Gasteiger partial charge in [0.2, 0.25) is 0 Å². The molecule has 3 rings (SSSR count). The first-order valence-electron chi connectivity index (χ1n) is 9.36. The second-order valence-corrected chi connectivity index (χ2v) is 8.33. The van der Waals surface area contributed by atoms with Crippen LogP contribution in [-0.2, 0) is 17.0 Å². The van der Waals surface area contributed by atoms with Crippen LogP contribution in [0.5, 0.6) is 0 Å². The van der Waals surface area contributed by atoms with Crippen LogP contribution >= 0.6 is 23.3 Å². The molecule has 1 aromatic heterocycles. The SMILES string of the molecule is COC(=O)c1cccc(CSc2nsc(NC(=O)NCc3ccc(F)c(F)c3)c2C(N)=O)c1. The molecular weight excluding hydrogens is 474 g/mol. The third-order valence-corrected chi connectivity index (χ3v) is 6.22. The van der Waals surface area contributed by atoms with Crippen molar-refractivity contribution in [2.24, 2.45) is 5.73 Å². The maximum absolute atomic E-state index is 13.3. The standard InChI is InChI=1S/C21H18F2N4O4S2/c1-31-20(29)13-4-2-3-12(7-13)10-32-19-16(17(24)28)18(33-27-19)26-21(30)25-9-11-5-6-14(22)15(23)8-11/h2-8H,9-10H2,1H3,(H2,24,28)(H2,25,26,30). The van der Waals surface area contributed by atoms with E-state index in [0.717, 1.165) is 29.2 Å². The third kappa shape index (κ3) is 6.26. The minimum absolute atomic E-state index is 0.0529. The summed E-state index contributed by atoms with van der Waals surface area (Å²) in [6.07, 6.45) is 0. The fourth-order valence-electron chi connectivity index (χ4n) is 2.71. The number of hydrogen-bond acceptors (Lipinski definition) is 7. The predicted molar refractivity (Wildman–Crippen MR) is 120 cm³/mol. The number of nitrogens with zero attached hydrogens (tertiary/aromatic N) is 1. The molecule has 0 saturated carbocycles. The number of anilines is 1. The molecule has 2 aromatic carbocycles. The number of primary amides is 1. The first kappa shape index (κ1) is 24.1. The number of amides is 3. The Labute approximate surface area is 195 Å². The van der Waals surface area contributed by atoms with Gasteiger partial charge in [0, 0.05) is 12.3 Å². The average Bonchev–Trinajstić information content (AvgIpc) is 3.20. The number of aromatic nitrogens is 1. The number of ether oxygens (including phenoxy) is 1. The molecule has 12 heteroatoms. The molecule has 0 aliphatic heterocycles. The number of urea groups is 1. The zero-order valence-electron chi connectivity index (χ0n) is 17.2. The Kier molecular flexibility index (Phi) is 7.96. The maximum atomic E-state index is 13.3. The van der Waals surface area contributed by atoms with E-state index in [2.05, 4.69) is 15.0 Å². The van der Waals surface area contributed by atoms with Gasteiger partial charge in [-0.1, -0.05) is 30.0 Å². The van der Waals surface area contributed by atoms with Gasteiger partial charge in [-0.25, -0.2) is 18.4 Å². The molecule has 33 heavy (non-hydrogen) atoms. The quantitative estimate of drug-likeness (QED) is 0.324. The summed E-state index contributed by atoms with van der Waals surface area (Å²) in [7, 11) is 1.29. The van der Waals surface area contributed by atoms with Crippen LogP contribution in [0.3, 0.4) is 0 Å². The number of thioether (sulfide) groups is 1. The van der Waals surface area contributed by atoms with Gasteiger partial charge in [-0.3, -0.25) is 10.1 Å². The molecule has 0 radical (unpaired) electrons. The molecular formula is C21H18F2N4O4S2. The van der Waals surface area contributed by atoms with Gasteiger partial charge in [0.05, 0.1) is 12.7 Å². The molecule has 0 aliphatic rings. The summed E-state index contributed by atoms with van der Waals surface area (Å²) < 4.78 is 35.2. The van der Waals surface area contributed by atoms with Crippen LogP contribution in [0.1, 0.15) is 31.8 Å². The lowest BCUT2D eigenvalue weighted by Gasteiger charge is -2.08. The smallest absolute Gasteiger partial charge is 0.337 e. The fourth-order valence-corrected chi connectivity index (χ4v) is 4.62. The highest BCUT2D eigenvalue weighted by Gasteiger charge is 2.21. The van der Waals surface area contributed by atoms with E-state index < -0.39 is 29.5 Å². The number of nitrogens with two attached hydrogens (primary N) is 1. The molecule has 0 saturated heterocycles. The average molecular weight is 493 g/mol. The van der Waals surface area contributed by atoms with E-state index in [9.17, 15) is 23.2 Å². The van der Waals surface area contributed by atoms with Crippen molar-refractivity contribution >= 4 is 46.2 Å². The van der Waals surface area contributed by atoms with E-state index in [0.29, 0.717) is 21.9 Å². The minimum Gasteiger partial charge on any atom is -0.465 e. The lowest BCUT2D eigenvalue weighted by Crippen LogP contribution is -2.29. The Hall–Kier alpha value is -3.51. The summed E-state index contributed by atoms with van der Waals surface area (Å²) in [5.74, 6) is -2.86. The fraction of sp³-hybridized carbons (Fsp3) is 0.143. The summed E-state index contributed by atoms with van der Waals surface area (Å²) in [4.78, 5) is 35.9. The monoisotopic (exact) mass is 492 g/mol. The molecule has 3 aromatic rings. The minimum atomic E-state index is -1.02. The van der Waals surface area contributed by atoms with Crippen molar-refractivity contribution in [3.63, 3.8) is 0 Å². The molecule has 4 N–H and O–H groups in total. The third-order valence-electron chi connectivity index (χ3n) is 4.29. The van der Waals surface area contributed by atoms with Gasteiger partial charge in [0.15, 0.2) is 11.6 Å². The zero-order valence-corrected chi connectivity index (χ0v) is 18.8. The largest absolute Gasteiger partial charge is 0.465 e. The lowest BCUT2D eigenvalue weighted by atomic mass is 10.1. The summed E-state index contributed by atoms with van der Waals surface area (Å²) in [5.41, 5.74) is 7.08. The van der Waals surface area contributed by atoms with Gasteiger partial charge >= 0.3 is 12.0 Å². The maximum Gasteiger partial charge on any atom is 0.337 e. The molecule has 0 fully saturated rings. The molecule has 1 heterocycles. The highest BCUT2D eigenvalue weighted by molar-refractivity contribution is 7.98. The van der Waals surface area contributed by atoms with Crippen molar-refractivity contribution in [1.29, 1.82) is 0 Å². The molecule has 3 amide bonds. The van der Waals surface area contributed by atoms with Gasteiger partial charge in [0.1, 0.15) is 15.6 Å². The Morgan fingerprint density at radius 1 is 1.12 bits per heavy atom. The van der Waals surface area contributed by atoms with Crippen molar-refractivity contribution in [2.75, 3.05) is 12.4 Å². The normalized spacial score (nSPS) is 10.5. The molecule has 0 bridgehead atoms. The number of esters is 1. The van der Waals surface area contributed by atoms with Gasteiger partial charge in [-0.05, 0) is 46.9 Å². The predicted octanol–water partition coefficient (Wildman–Crippen LogP) is 3.92. The van der Waals surface area contributed by atoms with Crippen LogP contribution in [0.4, 0.5) is 18.6 Å². The van der Waals surface area contributed by atoms with Crippen LogP contribution in [0.2, 0.25) is 0 Å². The van der Waals surface area contributed by atoms with E-state index in [-0.39, 0.29) is 17.1 Å². The number of nitrogens with one attached hydrogen (secondary N) is 2. The summed E-state index contributed by atoms with van der Waals surface area (Å²) in [6, 6.07) is 9.41. The van der Waals surface area contributed by atoms with E-state index in [1.807, 2.05) is 0 Å². The van der Waals surface area contributed by atoms with Crippen LogP contribution in [-0.4, -0.2) is 29.4 Å². The molecule has 0 spiro atoms. The van der Waals surface area contributed by atoms with Crippen LogP contribution in [0.25, 0.3) is 0 Å². The van der Waals surface area contributed by atoms with Gasteiger partial charge in [-0.2, -0.15) is 4.37 Å². The van der Waals surface area contributed by atoms with Crippen molar-refractivity contribution < 1.29 is 27.9 Å². The summed E-state index contributed by atoms with van der Waals surface area (Å²) in [5, 5.41) is 5.46. The Balaban J connectivity index is 1.65. The lowest BCUT2D eigenvalue weighted by molar-refractivity contribution is 0.0600. The Morgan fingerprint density at radius 2 is 1.91 bits per heavy atom. The highest BCUT2D eigenvalue weighted by atomic mass is 32.2. The molecule has 0 unspecified atom stereocenters. The van der Waals surface area contributed by atoms with Crippen molar-refractivity contribution in [3.8, 4) is 0 Å². The number of benzene rings is 2. The summed E-state index contributed by atoms with van der Waals surface area (Å²) in [6.45, 7) is -0.0636. The van der Waals surface area contributed by atoms with Crippen molar-refractivity contribution in [2.45, 2.75) is 17.3 Å². The zero-order chi connectivity index (χ0) is 24.0. The van der Waals surface area contributed by atoms with Crippen LogP contribution in [0.15, 0.2) is 47.5 Å². The van der Waals surface area contributed by atoms with Crippen LogP contribution in [0, 0.1) is 11.6 Å². The van der Waals surface area contributed by atoms with Crippen molar-refractivity contribution in [3.05, 3.63) is 76.4 Å². The first-order valence-corrected chi connectivity index (χ1v) is 11.1. The topological polar surface area (TPSA) is 123 Å². The second kappa shape index (κ2) is 10.9. The molecule has 8 nitrogen and oxygen atoms in total. The number of hydrogen-bond donors (Lipinski definition) is 3. The van der Waals surface area contributed by atoms with Gasteiger partial charge in [-0.15, -0.1) is 0 Å². The first-order chi connectivity index (χ1) is 15.8. The number of carbonyl (C=O) groups excluding carboxylic acids is 3. The number of methoxy groups -OCH3 is 1. The molecule has 0 aliphatic carbocycles. The number of rotatable bonds is 8. The second-order valence-electron chi connectivity index (χ2n) is 6.59. The number of halogens is 2. The molecule has 172 valence electrons. The Morgan fingerprint density at radius 3 is 2.61 bits per heavy atom. The van der Waals surface area contributed by atoms with Crippen molar-refractivity contribution in [1.82, 2.24) is 9.69 Å². The highest BCUT2D eigenvalue weighted by Crippen LogP contribution is 2.33. The van der Waals surface area contributed by atoms with E-state index in [1.165, 1.54) is 24.9 Å². The van der Waals surface area contributed by atoms with Gasteiger partial charge in [0.25, 0.3) is 5.91 Å².